The first-order valence-electron chi connectivity index (χ1n) is 5.88. The first-order chi connectivity index (χ1) is 9.04. The number of aryl methyl sites for hydroxylation is 1. The van der Waals surface area contributed by atoms with Gasteiger partial charge in [-0.05, 0) is 42.3 Å². The Balaban J connectivity index is 2.34. The first-order valence-corrected chi connectivity index (χ1v) is 7.37. The van der Waals surface area contributed by atoms with E-state index in [1.165, 1.54) is 6.07 Å². The number of tetrazole rings is 1. The van der Waals surface area contributed by atoms with Crippen molar-refractivity contribution in [2.24, 2.45) is 0 Å². The van der Waals surface area contributed by atoms with Gasteiger partial charge in [-0.25, -0.2) is 13.1 Å². The normalized spacial score (nSPS) is 11.7. The molecular formula is C11H15N5O2S. The molecule has 1 heterocycles. The molecule has 1 aromatic heterocycles. The summed E-state index contributed by atoms with van der Waals surface area (Å²) in [5, 5.41) is 13.6. The Labute approximate surface area is 111 Å². The summed E-state index contributed by atoms with van der Waals surface area (Å²) in [5.41, 5.74) is 1.53. The fourth-order valence-corrected chi connectivity index (χ4v) is 2.87. The standard InChI is InChI=1S/C11H15N5O2S/c1-3-6-12-19(17,18)9-4-5-10(8(2)7-9)11-13-15-16-14-11/h4-5,7,12H,3,6H2,1-2H3,(H,13,14,15,16). The van der Waals surface area contributed by atoms with Crippen LogP contribution in [0.1, 0.15) is 18.9 Å². The zero-order valence-corrected chi connectivity index (χ0v) is 11.5. The van der Waals surface area contributed by atoms with Crippen LogP contribution in [-0.2, 0) is 10.0 Å². The molecular weight excluding hydrogens is 266 g/mol. The maximum absolute atomic E-state index is 12.0. The van der Waals surface area contributed by atoms with Crippen LogP contribution in [0.15, 0.2) is 23.1 Å². The van der Waals surface area contributed by atoms with Crippen molar-refractivity contribution >= 4 is 10.0 Å². The average Bonchev–Trinajstić information content (AvgIpc) is 2.90. The van der Waals surface area contributed by atoms with Gasteiger partial charge in [-0.2, -0.15) is 5.21 Å². The molecule has 0 spiro atoms. The van der Waals surface area contributed by atoms with Crippen molar-refractivity contribution in [3.63, 3.8) is 0 Å². The highest BCUT2D eigenvalue weighted by atomic mass is 32.2. The van der Waals surface area contributed by atoms with Crippen LogP contribution in [0.5, 0.6) is 0 Å². The van der Waals surface area contributed by atoms with Gasteiger partial charge in [0.1, 0.15) is 0 Å². The van der Waals surface area contributed by atoms with E-state index in [2.05, 4.69) is 25.3 Å². The van der Waals surface area contributed by atoms with Gasteiger partial charge >= 0.3 is 0 Å². The monoisotopic (exact) mass is 281 g/mol. The quantitative estimate of drug-likeness (QED) is 0.846. The van der Waals surface area contributed by atoms with Crippen LogP contribution in [0.4, 0.5) is 0 Å². The molecule has 102 valence electrons. The van der Waals surface area contributed by atoms with Gasteiger partial charge in [0.05, 0.1) is 4.90 Å². The Bertz CT molecular complexity index is 652. The number of benzene rings is 1. The largest absolute Gasteiger partial charge is 0.240 e. The van der Waals surface area contributed by atoms with Crippen LogP contribution in [0.2, 0.25) is 0 Å². The lowest BCUT2D eigenvalue weighted by Gasteiger charge is -2.08. The summed E-state index contributed by atoms with van der Waals surface area (Å²) in [6.07, 6.45) is 0.749. The number of aromatic nitrogens is 4. The van der Waals surface area contributed by atoms with Crippen LogP contribution in [0, 0.1) is 6.92 Å². The van der Waals surface area contributed by atoms with Gasteiger partial charge in [-0.3, -0.25) is 0 Å². The molecule has 0 radical (unpaired) electrons. The minimum atomic E-state index is -3.44. The summed E-state index contributed by atoms with van der Waals surface area (Å²) < 4.78 is 26.5. The van der Waals surface area contributed by atoms with E-state index < -0.39 is 10.0 Å². The summed E-state index contributed by atoms with van der Waals surface area (Å²) in [7, 11) is -3.44. The fraction of sp³-hybridized carbons (Fsp3) is 0.364. The number of rotatable bonds is 5. The lowest BCUT2D eigenvalue weighted by molar-refractivity contribution is 0.580. The highest BCUT2D eigenvalue weighted by molar-refractivity contribution is 7.89. The van der Waals surface area contributed by atoms with E-state index in [-0.39, 0.29) is 4.90 Å². The number of H-pyrrole nitrogens is 1. The van der Waals surface area contributed by atoms with Gasteiger partial charge in [-0.15, -0.1) is 10.2 Å². The van der Waals surface area contributed by atoms with Crippen LogP contribution in [-0.4, -0.2) is 35.6 Å². The zero-order valence-electron chi connectivity index (χ0n) is 10.7. The molecule has 0 saturated carbocycles. The Kier molecular flexibility index (Phi) is 3.91. The highest BCUT2D eigenvalue weighted by Gasteiger charge is 2.15. The molecule has 0 amide bonds. The second-order valence-electron chi connectivity index (χ2n) is 4.11. The van der Waals surface area contributed by atoms with E-state index in [0.29, 0.717) is 12.4 Å². The number of aromatic amines is 1. The van der Waals surface area contributed by atoms with Gasteiger partial charge in [0.2, 0.25) is 15.8 Å². The molecule has 0 aliphatic rings. The lowest BCUT2D eigenvalue weighted by Crippen LogP contribution is -2.24. The zero-order chi connectivity index (χ0) is 13.9. The predicted octanol–water partition coefficient (Wildman–Crippen LogP) is 0.863. The number of nitrogens with zero attached hydrogens (tertiary/aromatic N) is 3. The molecule has 0 aliphatic heterocycles. The number of nitrogens with one attached hydrogen (secondary N) is 2. The van der Waals surface area contributed by atoms with Crippen molar-refractivity contribution in [2.75, 3.05) is 6.54 Å². The number of hydrogen-bond donors (Lipinski definition) is 2. The van der Waals surface area contributed by atoms with Gasteiger partial charge < -0.3 is 0 Å². The van der Waals surface area contributed by atoms with E-state index in [4.69, 9.17) is 0 Å². The minimum Gasteiger partial charge on any atom is -0.211 e. The Morgan fingerprint density at radius 2 is 2.16 bits per heavy atom. The molecule has 2 N–H and O–H groups in total. The maximum Gasteiger partial charge on any atom is 0.240 e. The second kappa shape index (κ2) is 5.45. The minimum absolute atomic E-state index is 0.241. The lowest BCUT2D eigenvalue weighted by atomic mass is 10.1. The van der Waals surface area contributed by atoms with Crippen LogP contribution < -0.4 is 4.72 Å². The summed E-state index contributed by atoms with van der Waals surface area (Å²) in [4.78, 5) is 0.241. The molecule has 19 heavy (non-hydrogen) atoms. The third-order valence-corrected chi connectivity index (χ3v) is 4.10. The fourth-order valence-electron chi connectivity index (χ4n) is 1.65. The first kappa shape index (κ1) is 13.6. The van der Waals surface area contributed by atoms with Crippen LogP contribution in [0.25, 0.3) is 11.4 Å². The van der Waals surface area contributed by atoms with Gasteiger partial charge in [-0.1, -0.05) is 6.92 Å². The summed E-state index contributed by atoms with van der Waals surface area (Å²) in [5.74, 6) is 0.447. The Morgan fingerprint density at radius 3 is 2.74 bits per heavy atom. The SMILES string of the molecule is CCCNS(=O)(=O)c1ccc(-c2nn[nH]n2)c(C)c1. The van der Waals surface area contributed by atoms with Gasteiger partial charge in [0, 0.05) is 12.1 Å². The Hall–Kier alpha value is -1.80. The molecule has 2 aromatic rings. The van der Waals surface area contributed by atoms with E-state index in [0.717, 1.165) is 17.5 Å². The second-order valence-corrected chi connectivity index (χ2v) is 5.88. The molecule has 7 nitrogen and oxygen atoms in total. The molecule has 0 saturated heterocycles. The predicted molar refractivity (Wildman–Crippen MR) is 69.8 cm³/mol. The summed E-state index contributed by atoms with van der Waals surface area (Å²) in [6.45, 7) is 4.14. The maximum atomic E-state index is 12.0. The van der Waals surface area contributed by atoms with Crippen LogP contribution >= 0.6 is 0 Å². The third kappa shape index (κ3) is 2.96. The van der Waals surface area contributed by atoms with Crippen LogP contribution in [0.3, 0.4) is 0 Å². The summed E-state index contributed by atoms with van der Waals surface area (Å²) in [6, 6.07) is 4.82. The molecule has 8 heteroatoms. The van der Waals surface area contributed by atoms with E-state index in [1.807, 2.05) is 13.8 Å². The Morgan fingerprint density at radius 1 is 1.37 bits per heavy atom. The molecule has 1 aromatic carbocycles. The van der Waals surface area contributed by atoms with Gasteiger partial charge in [0.25, 0.3) is 0 Å². The molecule has 0 bridgehead atoms. The van der Waals surface area contributed by atoms with Crippen molar-refractivity contribution in [1.29, 1.82) is 0 Å². The van der Waals surface area contributed by atoms with E-state index in [1.54, 1.807) is 12.1 Å². The van der Waals surface area contributed by atoms with Gasteiger partial charge in [0.15, 0.2) is 0 Å². The number of hydrogen-bond acceptors (Lipinski definition) is 5. The number of sulfonamides is 1. The molecule has 0 atom stereocenters. The molecule has 2 rings (SSSR count). The molecule has 0 fully saturated rings. The highest BCUT2D eigenvalue weighted by Crippen LogP contribution is 2.22. The van der Waals surface area contributed by atoms with E-state index >= 15 is 0 Å². The third-order valence-electron chi connectivity index (χ3n) is 2.64. The smallest absolute Gasteiger partial charge is 0.211 e. The summed E-state index contributed by atoms with van der Waals surface area (Å²) >= 11 is 0. The van der Waals surface area contributed by atoms with Crippen molar-refractivity contribution in [3.05, 3.63) is 23.8 Å². The van der Waals surface area contributed by atoms with Crippen molar-refractivity contribution < 1.29 is 8.42 Å². The molecule has 0 aliphatic carbocycles. The van der Waals surface area contributed by atoms with Crippen molar-refractivity contribution in [2.45, 2.75) is 25.2 Å². The van der Waals surface area contributed by atoms with Crippen molar-refractivity contribution in [1.82, 2.24) is 25.3 Å². The molecule has 0 unspecified atom stereocenters. The average molecular weight is 281 g/mol. The van der Waals surface area contributed by atoms with Crippen molar-refractivity contribution in [3.8, 4) is 11.4 Å². The topological polar surface area (TPSA) is 101 Å². The van der Waals surface area contributed by atoms with E-state index in [9.17, 15) is 8.42 Å².